The third-order valence-electron chi connectivity index (χ3n) is 2.51. The van der Waals surface area contributed by atoms with E-state index in [4.69, 9.17) is 10.4 Å². The highest BCUT2D eigenvalue weighted by Crippen LogP contribution is 2.29. The molecule has 0 bridgehead atoms. The molecule has 1 saturated carbocycles. The third kappa shape index (κ3) is 2.59. The van der Waals surface area contributed by atoms with Gasteiger partial charge in [-0.3, -0.25) is 0 Å². The van der Waals surface area contributed by atoms with Gasteiger partial charge < -0.3 is 5.11 Å². The molecule has 0 atom stereocenters. The van der Waals surface area contributed by atoms with Crippen molar-refractivity contribution in [1.82, 2.24) is 0 Å². The van der Waals surface area contributed by atoms with Crippen LogP contribution in [0.1, 0.15) is 32.1 Å². The predicted molar refractivity (Wildman–Crippen MR) is 47.9 cm³/mol. The zero-order valence-electron chi connectivity index (χ0n) is 7.49. The summed E-state index contributed by atoms with van der Waals surface area (Å²) in [5.74, 6) is -0.834. The lowest BCUT2D eigenvalue weighted by atomic mass is 9.83. The lowest BCUT2D eigenvalue weighted by molar-refractivity contribution is -0.133. The van der Waals surface area contributed by atoms with Gasteiger partial charge in [-0.15, -0.1) is 0 Å². The molecule has 0 aliphatic heterocycles. The van der Waals surface area contributed by atoms with Gasteiger partial charge in [-0.2, -0.15) is 5.26 Å². The van der Waals surface area contributed by atoms with E-state index in [1.54, 1.807) is 6.07 Å². The van der Waals surface area contributed by atoms with Gasteiger partial charge in [0.25, 0.3) is 0 Å². The number of nitrogens with zero attached hydrogens (tertiary/aromatic N) is 1. The number of hydrogen-bond donors (Lipinski definition) is 1. The first-order chi connectivity index (χ1) is 6.25. The van der Waals surface area contributed by atoms with Gasteiger partial charge >= 0.3 is 5.97 Å². The molecule has 0 radical (unpaired) electrons. The van der Waals surface area contributed by atoms with Crippen LogP contribution in [0.4, 0.5) is 0 Å². The molecule has 1 aliphatic carbocycles. The highest BCUT2D eigenvalue weighted by Gasteiger charge is 2.22. The number of aliphatic carboxylic acids is 1. The molecule has 0 spiro atoms. The van der Waals surface area contributed by atoms with Gasteiger partial charge in [-0.25, -0.2) is 4.79 Å². The largest absolute Gasteiger partial charge is 0.478 e. The fraction of sp³-hybridized carbons (Fsp3) is 0.600. The summed E-state index contributed by atoms with van der Waals surface area (Å²) < 4.78 is 0. The molecule has 3 heteroatoms. The molecule has 1 rings (SSSR count). The van der Waals surface area contributed by atoms with Crippen LogP contribution < -0.4 is 0 Å². The summed E-state index contributed by atoms with van der Waals surface area (Å²) in [6.07, 6.45) is 6.37. The van der Waals surface area contributed by atoms with Crippen LogP contribution in [-0.4, -0.2) is 11.1 Å². The Hall–Kier alpha value is -1.30. The molecule has 0 aromatic rings. The minimum atomic E-state index is -0.937. The van der Waals surface area contributed by atoms with Crippen molar-refractivity contribution in [3.63, 3.8) is 0 Å². The molecular formula is C10H13NO2. The zero-order valence-corrected chi connectivity index (χ0v) is 7.49. The molecule has 70 valence electrons. The lowest BCUT2D eigenvalue weighted by Gasteiger charge is -2.21. The smallest absolute Gasteiger partial charge is 0.332 e. The van der Waals surface area contributed by atoms with Crippen LogP contribution in [0.3, 0.4) is 0 Å². The van der Waals surface area contributed by atoms with Gasteiger partial charge in [-0.05, 0) is 18.8 Å². The molecule has 0 saturated heterocycles. The fourth-order valence-electron chi connectivity index (χ4n) is 1.84. The zero-order chi connectivity index (χ0) is 9.68. The van der Waals surface area contributed by atoms with E-state index in [0.717, 1.165) is 25.7 Å². The Kier molecular flexibility index (Phi) is 3.51. The van der Waals surface area contributed by atoms with Crippen molar-refractivity contribution in [2.24, 2.45) is 5.92 Å². The summed E-state index contributed by atoms with van der Waals surface area (Å²) >= 11 is 0. The summed E-state index contributed by atoms with van der Waals surface area (Å²) in [5, 5.41) is 17.3. The van der Waals surface area contributed by atoms with E-state index < -0.39 is 5.97 Å². The summed E-state index contributed by atoms with van der Waals surface area (Å²) in [6, 6.07) is 1.80. The Morgan fingerprint density at radius 1 is 1.38 bits per heavy atom. The lowest BCUT2D eigenvalue weighted by Crippen LogP contribution is -2.15. The molecule has 0 heterocycles. The quantitative estimate of drug-likeness (QED) is 0.521. The van der Waals surface area contributed by atoms with Crippen molar-refractivity contribution in [2.45, 2.75) is 32.1 Å². The summed E-state index contributed by atoms with van der Waals surface area (Å²) in [7, 11) is 0. The monoisotopic (exact) mass is 179 g/mol. The first-order valence-corrected chi connectivity index (χ1v) is 4.58. The Labute approximate surface area is 77.7 Å². The molecule has 3 nitrogen and oxygen atoms in total. The molecule has 13 heavy (non-hydrogen) atoms. The van der Waals surface area contributed by atoms with E-state index in [-0.39, 0.29) is 5.92 Å². The van der Waals surface area contributed by atoms with Crippen LogP contribution >= 0.6 is 0 Å². The van der Waals surface area contributed by atoms with Crippen molar-refractivity contribution >= 4 is 5.97 Å². The van der Waals surface area contributed by atoms with E-state index in [9.17, 15) is 4.79 Å². The third-order valence-corrected chi connectivity index (χ3v) is 2.51. The standard InChI is InChI=1S/C10H13NO2/c11-7-6-9(10(12)13)8-4-2-1-3-5-8/h6,8H,1-5H2,(H,12,13)/b9-6-. The van der Waals surface area contributed by atoms with Gasteiger partial charge in [0.2, 0.25) is 0 Å². The molecule has 0 unspecified atom stereocenters. The maximum Gasteiger partial charge on any atom is 0.332 e. The highest BCUT2D eigenvalue weighted by molar-refractivity contribution is 5.87. The van der Waals surface area contributed by atoms with Crippen LogP contribution in [0, 0.1) is 17.2 Å². The number of nitriles is 1. The van der Waals surface area contributed by atoms with E-state index in [1.165, 1.54) is 12.5 Å². The number of carbonyl (C=O) groups is 1. The fourth-order valence-corrected chi connectivity index (χ4v) is 1.84. The SMILES string of the molecule is N#C/C=C(\C(=O)O)C1CCCCC1. The van der Waals surface area contributed by atoms with Crippen LogP contribution in [0.5, 0.6) is 0 Å². The number of carboxylic acids is 1. The number of carboxylic acid groups (broad SMARTS) is 1. The van der Waals surface area contributed by atoms with Gasteiger partial charge in [0.1, 0.15) is 0 Å². The molecule has 0 aromatic carbocycles. The molecular weight excluding hydrogens is 166 g/mol. The molecule has 0 aromatic heterocycles. The van der Waals surface area contributed by atoms with Crippen molar-refractivity contribution in [3.05, 3.63) is 11.6 Å². The number of allylic oxidation sites excluding steroid dienone is 1. The normalized spacial score (nSPS) is 19.5. The minimum absolute atomic E-state index is 0.103. The van der Waals surface area contributed by atoms with Gasteiger partial charge in [0.15, 0.2) is 0 Å². The maximum atomic E-state index is 10.8. The van der Waals surface area contributed by atoms with E-state index in [1.807, 2.05) is 0 Å². The second kappa shape index (κ2) is 4.66. The van der Waals surface area contributed by atoms with Gasteiger partial charge in [-0.1, -0.05) is 19.3 Å². The number of rotatable bonds is 2. The highest BCUT2D eigenvalue weighted by atomic mass is 16.4. The topological polar surface area (TPSA) is 61.1 Å². The minimum Gasteiger partial charge on any atom is -0.478 e. The average molecular weight is 179 g/mol. The maximum absolute atomic E-state index is 10.8. The van der Waals surface area contributed by atoms with Crippen molar-refractivity contribution < 1.29 is 9.90 Å². The Morgan fingerprint density at radius 3 is 2.46 bits per heavy atom. The van der Waals surface area contributed by atoms with Crippen LogP contribution in [0.25, 0.3) is 0 Å². The second-order valence-corrected chi connectivity index (χ2v) is 3.37. The molecule has 1 N–H and O–H groups in total. The van der Waals surface area contributed by atoms with E-state index in [0.29, 0.717) is 5.57 Å². The van der Waals surface area contributed by atoms with Crippen LogP contribution in [0.2, 0.25) is 0 Å². The molecule has 1 aliphatic rings. The first-order valence-electron chi connectivity index (χ1n) is 4.58. The summed E-state index contributed by atoms with van der Waals surface area (Å²) in [5.41, 5.74) is 0.294. The molecule has 1 fully saturated rings. The number of hydrogen-bond acceptors (Lipinski definition) is 2. The Bertz CT molecular complexity index is 257. The van der Waals surface area contributed by atoms with Gasteiger partial charge in [0.05, 0.1) is 11.6 Å². The molecule has 0 amide bonds. The van der Waals surface area contributed by atoms with Crippen LogP contribution in [-0.2, 0) is 4.79 Å². The van der Waals surface area contributed by atoms with Crippen molar-refractivity contribution in [3.8, 4) is 6.07 Å². The Balaban J connectivity index is 2.70. The van der Waals surface area contributed by atoms with Crippen molar-refractivity contribution in [1.29, 1.82) is 5.26 Å². The Morgan fingerprint density at radius 2 is 2.00 bits per heavy atom. The van der Waals surface area contributed by atoms with Gasteiger partial charge in [0, 0.05) is 6.08 Å². The summed E-state index contributed by atoms with van der Waals surface area (Å²) in [4.78, 5) is 10.8. The van der Waals surface area contributed by atoms with Crippen LogP contribution in [0.15, 0.2) is 11.6 Å². The summed E-state index contributed by atoms with van der Waals surface area (Å²) in [6.45, 7) is 0. The second-order valence-electron chi connectivity index (χ2n) is 3.37. The van der Waals surface area contributed by atoms with Crippen molar-refractivity contribution in [2.75, 3.05) is 0 Å². The first kappa shape index (κ1) is 9.79. The van der Waals surface area contributed by atoms with E-state index in [2.05, 4.69) is 0 Å². The van der Waals surface area contributed by atoms with E-state index >= 15 is 0 Å². The predicted octanol–water partition coefficient (Wildman–Crippen LogP) is 2.10. The average Bonchev–Trinajstić information content (AvgIpc) is 2.15.